The van der Waals surface area contributed by atoms with Crippen LogP contribution in [0.25, 0.3) is 5.82 Å². The summed E-state index contributed by atoms with van der Waals surface area (Å²) in [4.78, 5) is 30.6. The van der Waals surface area contributed by atoms with E-state index in [1.807, 2.05) is 0 Å². The van der Waals surface area contributed by atoms with Crippen LogP contribution in [0.2, 0.25) is 10.0 Å². The van der Waals surface area contributed by atoms with Gasteiger partial charge in [0, 0.05) is 23.0 Å². The zero-order valence-corrected chi connectivity index (χ0v) is 21.2. The van der Waals surface area contributed by atoms with E-state index in [-0.39, 0.29) is 29.0 Å². The molecule has 35 heavy (non-hydrogen) atoms. The first kappa shape index (κ1) is 24.9. The van der Waals surface area contributed by atoms with E-state index in [1.54, 1.807) is 49.8 Å². The SMILES string of the molecule is Cc1cc(Cl)cc(C(=O)NC2CC2)c1NC(=O)c1cc(CS(C)=NC#N)nn1-c1ncccc1Cl. The van der Waals surface area contributed by atoms with Crippen LogP contribution in [0.15, 0.2) is 40.9 Å². The average Bonchev–Trinajstić information content (AvgIpc) is 3.52. The molecular formula is C23H21Cl2N7O2S. The maximum atomic E-state index is 13.5. The van der Waals surface area contributed by atoms with Crippen LogP contribution in [0, 0.1) is 18.4 Å². The van der Waals surface area contributed by atoms with Gasteiger partial charge in [0.05, 0.1) is 22.0 Å². The number of halogens is 2. The fraction of sp³-hybridized carbons (Fsp3) is 0.261. The maximum absolute atomic E-state index is 13.5. The fourth-order valence-corrected chi connectivity index (χ4v) is 4.68. The van der Waals surface area contributed by atoms with E-state index >= 15 is 0 Å². The first-order valence-corrected chi connectivity index (χ1v) is 13.1. The van der Waals surface area contributed by atoms with Crippen molar-refractivity contribution < 1.29 is 9.59 Å². The van der Waals surface area contributed by atoms with Crippen LogP contribution in [0.4, 0.5) is 5.69 Å². The standard InChI is InChI=1S/C23H21Cl2N7O2S/c1-13-8-14(24)9-17(22(33)29-15-5-6-15)20(13)30-23(34)19-10-16(11-35(2)28-12-26)31-32(19)21-18(25)4-3-7-27-21/h3-4,7-10,15H,5-6,11H2,1-2H3,(H,29,33)(H,30,34). The number of aryl methyl sites for hydroxylation is 1. The van der Waals surface area contributed by atoms with Gasteiger partial charge in [-0.2, -0.15) is 14.7 Å². The lowest BCUT2D eigenvalue weighted by atomic mass is 10.1. The van der Waals surface area contributed by atoms with Gasteiger partial charge in [-0.05, 0) is 61.9 Å². The van der Waals surface area contributed by atoms with Crippen molar-refractivity contribution in [3.05, 3.63) is 69.1 Å². The van der Waals surface area contributed by atoms with Crippen LogP contribution in [0.1, 0.15) is 44.9 Å². The second-order valence-corrected chi connectivity index (χ2v) is 10.5. The number of anilines is 1. The summed E-state index contributed by atoms with van der Waals surface area (Å²) in [7, 11) is -0.610. The first-order chi connectivity index (χ1) is 16.8. The minimum absolute atomic E-state index is 0.141. The second-order valence-electron chi connectivity index (χ2n) is 8.02. The zero-order valence-electron chi connectivity index (χ0n) is 18.9. The molecule has 2 amide bonds. The summed E-state index contributed by atoms with van der Waals surface area (Å²) in [6.45, 7) is 1.76. The molecule has 1 fully saturated rings. The molecular weight excluding hydrogens is 509 g/mol. The molecule has 2 aromatic heterocycles. The van der Waals surface area contributed by atoms with E-state index in [9.17, 15) is 9.59 Å². The van der Waals surface area contributed by atoms with Crippen LogP contribution in [0.3, 0.4) is 0 Å². The number of nitriles is 1. The third-order valence-corrected chi connectivity index (χ3v) is 6.80. The van der Waals surface area contributed by atoms with Crippen molar-refractivity contribution in [2.45, 2.75) is 31.6 Å². The quantitative estimate of drug-likeness (QED) is 0.437. The minimum atomic E-state index is -0.610. The largest absolute Gasteiger partial charge is 0.349 e. The number of carbonyl (C=O) groups excluding carboxylic acids is 2. The van der Waals surface area contributed by atoms with Gasteiger partial charge < -0.3 is 10.6 Å². The lowest BCUT2D eigenvalue weighted by Gasteiger charge is -2.15. The summed E-state index contributed by atoms with van der Waals surface area (Å²) in [6, 6.07) is 8.27. The van der Waals surface area contributed by atoms with Gasteiger partial charge in [0.15, 0.2) is 5.82 Å². The number of aromatic nitrogens is 3. The van der Waals surface area contributed by atoms with Crippen molar-refractivity contribution in [2.24, 2.45) is 4.36 Å². The van der Waals surface area contributed by atoms with E-state index < -0.39 is 16.6 Å². The molecule has 2 heterocycles. The molecule has 1 atom stereocenters. The highest BCUT2D eigenvalue weighted by Crippen LogP contribution is 2.28. The zero-order chi connectivity index (χ0) is 25.1. The smallest absolute Gasteiger partial charge is 0.274 e. The average molecular weight is 530 g/mol. The fourth-order valence-electron chi connectivity index (χ4n) is 3.43. The lowest BCUT2D eigenvalue weighted by molar-refractivity contribution is 0.0952. The van der Waals surface area contributed by atoms with Gasteiger partial charge in [0.1, 0.15) is 5.69 Å². The van der Waals surface area contributed by atoms with Crippen molar-refractivity contribution >= 4 is 51.4 Å². The van der Waals surface area contributed by atoms with Gasteiger partial charge in [0.2, 0.25) is 6.19 Å². The summed E-state index contributed by atoms with van der Waals surface area (Å²) in [6.07, 6.45) is 7.00. The molecule has 12 heteroatoms. The molecule has 1 saturated carbocycles. The Labute approximate surface area is 214 Å². The monoisotopic (exact) mass is 529 g/mol. The summed E-state index contributed by atoms with van der Waals surface area (Å²) >= 11 is 12.6. The number of hydrogen-bond acceptors (Lipinski definition) is 6. The highest BCUT2D eigenvalue weighted by Gasteiger charge is 2.27. The number of nitrogens with one attached hydrogen (secondary N) is 2. The van der Waals surface area contributed by atoms with E-state index in [4.69, 9.17) is 28.5 Å². The van der Waals surface area contributed by atoms with Crippen LogP contribution in [0.5, 0.6) is 0 Å². The Balaban J connectivity index is 1.73. The van der Waals surface area contributed by atoms with Crippen molar-refractivity contribution in [2.75, 3.05) is 11.6 Å². The Morgan fingerprint density at radius 2 is 2.06 bits per heavy atom. The van der Waals surface area contributed by atoms with E-state index in [1.165, 1.54) is 10.7 Å². The third kappa shape index (κ3) is 5.88. The molecule has 3 aromatic rings. The Morgan fingerprint density at radius 1 is 1.29 bits per heavy atom. The number of pyridine rings is 1. The highest BCUT2D eigenvalue weighted by molar-refractivity contribution is 7.85. The molecule has 180 valence electrons. The normalized spacial score (nSPS) is 13.8. The number of carbonyl (C=O) groups is 2. The molecule has 1 aliphatic carbocycles. The Hall–Kier alpha value is -3.26. The summed E-state index contributed by atoms with van der Waals surface area (Å²) in [5, 5.41) is 19.8. The Bertz CT molecular complexity index is 1390. The number of benzene rings is 1. The molecule has 0 spiro atoms. The van der Waals surface area contributed by atoms with Gasteiger partial charge in [0.25, 0.3) is 11.8 Å². The molecule has 0 radical (unpaired) electrons. The van der Waals surface area contributed by atoms with E-state index in [0.717, 1.165) is 12.8 Å². The van der Waals surface area contributed by atoms with Gasteiger partial charge >= 0.3 is 0 Å². The maximum Gasteiger partial charge on any atom is 0.274 e. The second kappa shape index (κ2) is 10.6. The van der Waals surface area contributed by atoms with Crippen LogP contribution >= 0.6 is 23.2 Å². The van der Waals surface area contributed by atoms with Crippen molar-refractivity contribution in [1.29, 1.82) is 5.26 Å². The summed E-state index contributed by atoms with van der Waals surface area (Å²) in [5.74, 6) is -0.174. The molecule has 9 nitrogen and oxygen atoms in total. The summed E-state index contributed by atoms with van der Waals surface area (Å²) in [5.41, 5.74) is 1.98. The molecule has 4 rings (SSSR count). The van der Waals surface area contributed by atoms with Crippen molar-refractivity contribution in [3.8, 4) is 12.0 Å². The molecule has 0 saturated heterocycles. The van der Waals surface area contributed by atoms with Crippen molar-refractivity contribution in [3.63, 3.8) is 0 Å². The number of amides is 2. The third-order valence-electron chi connectivity index (χ3n) is 5.18. The topological polar surface area (TPSA) is 125 Å². The number of nitrogens with zero attached hydrogens (tertiary/aromatic N) is 5. The predicted octanol–water partition coefficient (Wildman–Crippen LogP) is 4.44. The van der Waals surface area contributed by atoms with Crippen LogP contribution in [-0.2, 0) is 16.4 Å². The van der Waals surface area contributed by atoms with Gasteiger partial charge in [-0.15, -0.1) is 0 Å². The van der Waals surface area contributed by atoms with Gasteiger partial charge in [-0.3, -0.25) is 9.59 Å². The molecule has 0 bridgehead atoms. The Kier molecular flexibility index (Phi) is 7.50. The van der Waals surface area contributed by atoms with E-state index in [2.05, 4.69) is 25.1 Å². The van der Waals surface area contributed by atoms with Crippen LogP contribution in [-0.4, -0.2) is 38.9 Å². The predicted molar refractivity (Wildman–Crippen MR) is 136 cm³/mol. The lowest BCUT2D eigenvalue weighted by Crippen LogP contribution is -2.27. The first-order valence-electron chi connectivity index (χ1n) is 10.6. The molecule has 2 N–H and O–H groups in total. The molecule has 1 aromatic carbocycles. The van der Waals surface area contributed by atoms with E-state index in [0.29, 0.717) is 32.7 Å². The van der Waals surface area contributed by atoms with Crippen LogP contribution < -0.4 is 10.6 Å². The van der Waals surface area contributed by atoms with Gasteiger partial charge in [-0.1, -0.05) is 33.9 Å². The highest BCUT2D eigenvalue weighted by atomic mass is 35.5. The molecule has 1 aliphatic rings. The molecule has 1 unspecified atom stereocenters. The minimum Gasteiger partial charge on any atom is -0.349 e. The van der Waals surface area contributed by atoms with Crippen molar-refractivity contribution in [1.82, 2.24) is 20.1 Å². The number of rotatable bonds is 7. The molecule has 0 aliphatic heterocycles. The number of hydrogen-bond donors (Lipinski definition) is 2. The van der Waals surface area contributed by atoms with Gasteiger partial charge in [-0.25, -0.2) is 9.67 Å². The summed E-state index contributed by atoms with van der Waals surface area (Å²) < 4.78 is 5.18. The Morgan fingerprint density at radius 3 is 2.74 bits per heavy atom.